The number of hydrogen-bond donors (Lipinski definition) is 3. The van der Waals surface area contributed by atoms with Gasteiger partial charge in [-0.2, -0.15) is 0 Å². The summed E-state index contributed by atoms with van der Waals surface area (Å²) in [7, 11) is 0. The maximum absolute atomic E-state index is 13.6. The number of carbonyl (C=O) groups excluding carboxylic acids is 2. The van der Waals surface area contributed by atoms with Crippen LogP contribution >= 0.6 is 11.6 Å². The van der Waals surface area contributed by atoms with Crippen molar-refractivity contribution in [3.63, 3.8) is 0 Å². The quantitative estimate of drug-likeness (QED) is 0.252. The highest BCUT2D eigenvalue weighted by Crippen LogP contribution is 2.27. The first-order valence-corrected chi connectivity index (χ1v) is 13.5. The lowest BCUT2D eigenvalue weighted by molar-refractivity contribution is -0.121. The molecule has 1 atom stereocenters. The summed E-state index contributed by atoms with van der Waals surface area (Å²) in [5, 5.41) is 9.36. The lowest BCUT2D eigenvalue weighted by Crippen LogP contribution is -2.43. The molecule has 0 aliphatic carbocycles. The number of benzene rings is 2. The number of amides is 2. The van der Waals surface area contributed by atoms with Crippen molar-refractivity contribution in [1.82, 2.24) is 20.5 Å². The number of rotatable bonds is 12. The van der Waals surface area contributed by atoms with Crippen LogP contribution in [0.3, 0.4) is 0 Å². The summed E-state index contributed by atoms with van der Waals surface area (Å²) in [4.78, 5) is 30.8. The second kappa shape index (κ2) is 13.9. The minimum Gasteiger partial charge on any atom is -0.447 e. The Morgan fingerprint density at radius 2 is 1.98 bits per heavy atom. The third-order valence-corrected chi connectivity index (χ3v) is 7.03. The van der Waals surface area contributed by atoms with E-state index >= 15 is 0 Å². The molecule has 4 rings (SSSR count). The van der Waals surface area contributed by atoms with Crippen LogP contribution in [0.4, 0.5) is 28.2 Å². The molecule has 2 heterocycles. The number of likely N-dealkylation sites (tertiary alicyclic amines) is 1. The van der Waals surface area contributed by atoms with E-state index in [1.165, 1.54) is 36.5 Å². The number of ether oxygens (including phenoxy) is 1. The second-order valence-electron chi connectivity index (χ2n) is 9.89. The van der Waals surface area contributed by atoms with Crippen LogP contribution in [0.1, 0.15) is 24.8 Å². The fraction of sp³-hybridized carbons (Fsp3) is 0.393. The van der Waals surface area contributed by atoms with Crippen molar-refractivity contribution < 1.29 is 31.9 Å². The molecule has 13 heteroatoms. The number of hydrogen-bond acceptors (Lipinski definition) is 6. The zero-order valence-corrected chi connectivity index (χ0v) is 22.8. The van der Waals surface area contributed by atoms with Crippen LogP contribution in [0.5, 0.6) is 0 Å². The first kappa shape index (κ1) is 30.5. The molecule has 220 valence electrons. The van der Waals surface area contributed by atoms with Crippen LogP contribution in [-0.4, -0.2) is 66.6 Å². The molecule has 1 aromatic heterocycles. The fourth-order valence-electron chi connectivity index (χ4n) is 4.53. The van der Waals surface area contributed by atoms with Crippen molar-refractivity contribution in [3.05, 3.63) is 70.9 Å². The highest BCUT2D eigenvalue weighted by molar-refractivity contribution is 6.31. The molecular weight excluding hydrogens is 566 g/mol. The van der Waals surface area contributed by atoms with E-state index in [0.29, 0.717) is 35.7 Å². The van der Waals surface area contributed by atoms with E-state index < -0.39 is 35.6 Å². The van der Waals surface area contributed by atoms with E-state index in [1.54, 1.807) is 17.0 Å². The molecule has 1 fully saturated rings. The Morgan fingerprint density at radius 1 is 1.15 bits per heavy atom. The predicted molar refractivity (Wildman–Crippen MR) is 147 cm³/mol. The van der Waals surface area contributed by atoms with Crippen LogP contribution < -0.4 is 16.0 Å². The van der Waals surface area contributed by atoms with Gasteiger partial charge in [0.1, 0.15) is 24.1 Å². The highest BCUT2D eigenvalue weighted by Gasteiger charge is 2.37. The highest BCUT2D eigenvalue weighted by atomic mass is 35.5. The maximum atomic E-state index is 13.6. The van der Waals surface area contributed by atoms with Crippen LogP contribution in [0.2, 0.25) is 5.02 Å². The topological polar surface area (TPSA) is 95.6 Å². The normalized spacial score (nSPS) is 15.5. The van der Waals surface area contributed by atoms with Gasteiger partial charge >= 0.3 is 6.09 Å². The lowest BCUT2D eigenvalue weighted by Gasteiger charge is -2.21. The van der Waals surface area contributed by atoms with Gasteiger partial charge in [0.25, 0.3) is 5.92 Å². The van der Waals surface area contributed by atoms with Gasteiger partial charge in [-0.1, -0.05) is 23.7 Å². The molecule has 3 N–H and O–H groups in total. The van der Waals surface area contributed by atoms with Crippen molar-refractivity contribution >= 4 is 40.2 Å². The van der Waals surface area contributed by atoms with Gasteiger partial charge < -0.3 is 15.4 Å². The van der Waals surface area contributed by atoms with Crippen molar-refractivity contribution in [3.8, 4) is 0 Å². The second-order valence-corrected chi connectivity index (χ2v) is 10.3. The average molecular weight is 596 g/mol. The SMILES string of the molecule is O=C(CNCc1cccc(F)c1Cl)N[C@@H](CCCN1CCC(F)(F)C1)COC(=O)Nc1cc2cc(F)ccc2cn1. The Morgan fingerprint density at radius 3 is 2.76 bits per heavy atom. The monoisotopic (exact) mass is 595 g/mol. The van der Waals surface area contributed by atoms with Crippen LogP contribution in [0, 0.1) is 11.6 Å². The zero-order valence-electron chi connectivity index (χ0n) is 22.1. The summed E-state index contributed by atoms with van der Waals surface area (Å²) in [5.41, 5.74) is 0.489. The molecule has 3 aromatic rings. The summed E-state index contributed by atoms with van der Waals surface area (Å²) in [6, 6.07) is 9.46. The summed E-state index contributed by atoms with van der Waals surface area (Å²) >= 11 is 5.94. The van der Waals surface area contributed by atoms with Gasteiger partial charge in [0.2, 0.25) is 5.91 Å². The third-order valence-electron chi connectivity index (χ3n) is 6.60. The fourth-order valence-corrected chi connectivity index (χ4v) is 4.72. The molecule has 0 bridgehead atoms. The van der Waals surface area contributed by atoms with Crippen LogP contribution in [0.25, 0.3) is 10.8 Å². The van der Waals surface area contributed by atoms with Crippen molar-refractivity contribution in [2.24, 2.45) is 0 Å². The number of aromatic nitrogens is 1. The Kier molecular flexibility index (Phi) is 10.4. The molecule has 1 aliphatic rings. The van der Waals surface area contributed by atoms with Crippen LogP contribution in [-0.2, 0) is 16.1 Å². The number of halogens is 5. The van der Waals surface area contributed by atoms with Gasteiger partial charge in [0.15, 0.2) is 0 Å². The number of anilines is 1. The van der Waals surface area contributed by atoms with E-state index in [4.69, 9.17) is 16.3 Å². The van der Waals surface area contributed by atoms with Crippen LogP contribution in [0.15, 0.2) is 48.7 Å². The number of alkyl halides is 2. The van der Waals surface area contributed by atoms with E-state index in [1.807, 2.05) is 0 Å². The van der Waals surface area contributed by atoms with Gasteiger partial charge in [-0.25, -0.2) is 27.3 Å². The Hall–Kier alpha value is -3.48. The standard InChI is InChI=1S/C28H30ClF4N5O3/c29-26-19(3-1-5-23(26)31)13-34-15-25(39)36-22(4-2-9-38-10-8-28(32,33)17-38)16-41-27(40)37-24-12-20-11-21(30)7-6-18(20)14-35-24/h1,3,5-7,11-12,14,22,34H,2,4,8-10,13,15-17H2,(H,36,39)(H,35,37,40)/t22-/m0/s1. The van der Waals surface area contributed by atoms with E-state index in [2.05, 4.69) is 20.9 Å². The number of pyridine rings is 1. The van der Waals surface area contributed by atoms with Gasteiger partial charge in [-0.3, -0.25) is 15.0 Å². The van der Waals surface area contributed by atoms with E-state index in [9.17, 15) is 27.2 Å². The minimum atomic E-state index is -2.70. The largest absolute Gasteiger partial charge is 0.447 e. The van der Waals surface area contributed by atoms with Gasteiger partial charge in [0.05, 0.1) is 24.2 Å². The smallest absolute Gasteiger partial charge is 0.412 e. The molecule has 2 aromatic carbocycles. The molecule has 0 unspecified atom stereocenters. The van der Waals surface area contributed by atoms with Crippen molar-refractivity contribution in [2.45, 2.75) is 37.8 Å². The number of nitrogens with zero attached hydrogens (tertiary/aromatic N) is 2. The Bertz CT molecular complexity index is 1380. The first-order chi connectivity index (χ1) is 19.6. The molecule has 41 heavy (non-hydrogen) atoms. The van der Waals surface area contributed by atoms with Gasteiger partial charge in [-0.15, -0.1) is 0 Å². The van der Waals surface area contributed by atoms with E-state index in [-0.39, 0.29) is 50.0 Å². The summed E-state index contributed by atoms with van der Waals surface area (Å²) in [6.07, 6.45) is 1.32. The predicted octanol–water partition coefficient (Wildman–Crippen LogP) is 5.11. The maximum Gasteiger partial charge on any atom is 0.412 e. The Balaban J connectivity index is 1.29. The number of nitrogens with one attached hydrogen (secondary N) is 3. The van der Waals surface area contributed by atoms with Gasteiger partial charge in [0, 0.05) is 31.1 Å². The molecule has 0 radical (unpaired) electrons. The minimum absolute atomic E-state index is 0.0313. The first-order valence-electron chi connectivity index (χ1n) is 13.1. The van der Waals surface area contributed by atoms with Crippen molar-refractivity contribution in [1.29, 1.82) is 0 Å². The van der Waals surface area contributed by atoms with Gasteiger partial charge in [-0.05, 0) is 60.7 Å². The molecule has 8 nitrogen and oxygen atoms in total. The zero-order chi connectivity index (χ0) is 29.4. The number of fused-ring (bicyclic) bond motifs is 1. The third kappa shape index (κ3) is 9.27. The molecule has 0 saturated carbocycles. The summed E-state index contributed by atoms with van der Waals surface area (Å²) < 4.78 is 59.5. The molecule has 0 spiro atoms. The Labute approximate surface area is 239 Å². The summed E-state index contributed by atoms with van der Waals surface area (Å²) in [5.74, 6) is -3.94. The summed E-state index contributed by atoms with van der Waals surface area (Å²) in [6.45, 7) is 0.231. The molecular formula is C28H30ClF4N5O3. The van der Waals surface area contributed by atoms with E-state index in [0.717, 1.165) is 0 Å². The molecule has 1 aliphatic heterocycles. The molecule has 2 amide bonds. The molecule has 1 saturated heterocycles. The average Bonchev–Trinajstić information content (AvgIpc) is 3.27. The number of carbonyl (C=O) groups is 2. The lowest BCUT2D eigenvalue weighted by atomic mass is 10.1. The van der Waals surface area contributed by atoms with Crippen molar-refractivity contribution in [2.75, 3.05) is 38.1 Å².